The largest absolute Gasteiger partial charge is 0.340 e. The van der Waals surface area contributed by atoms with Crippen molar-refractivity contribution >= 4 is 5.91 Å². The van der Waals surface area contributed by atoms with Crippen molar-refractivity contribution in [1.29, 1.82) is 0 Å². The molecule has 1 amide bonds. The van der Waals surface area contributed by atoms with Gasteiger partial charge in [-0.3, -0.25) is 9.69 Å². The standard InChI is InChI=1S/C22H31N5O/c1-18(19-8-4-2-5-9-19)16-22(28)26-14-12-25(13-15-26)17-21-24-23-20-10-6-3-7-11-27(20)21/h2,4-5,8-9,18H,3,6-7,10-17H2,1H3. The summed E-state index contributed by atoms with van der Waals surface area (Å²) in [5.74, 6) is 2.77. The molecule has 6 nitrogen and oxygen atoms in total. The summed E-state index contributed by atoms with van der Waals surface area (Å²) >= 11 is 0. The van der Waals surface area contributed by atoms with Gasteiger partial charge in [0.05, 0.1) is 6.54 Å². The summed E-state index contributed by atoms with van der Waals surface area (Å²) in [5.41, 5.74) is 1.24. The number of rotatable bonds is 5. The fraction of sp³-hybridized carbons (Fsp3) is 0.591. The first-order chi connectivity index (χ1) is 13.7. The first kappa shape index (κ1) is 19.1. The van der Waals surface area contributed by atoms with Gasteiger partial charge in [-0.25, -0.2) is 0 Å². The van der Waals surface area contributed by atoms with E-state index < -0.39 is 0 Å². The third kappa shape index (κ3) is 4.43. The van der Waals surface area contributed by atoms with E-state index in [4.69, 9.17) is 0 Å². The van der Waals surface area contributed by atoms with Crippen LogP contribution in [0.4, 0.5) is 0 Å². The maximum Gasteiger partial charge on any atom is 0.223 e. The molecule has 2 aliphatic rings. The number of piperazine rings is 1. The Morgan fingerprint density at radius 1 is 1.00 bits per heavy atom. The molecule has 0 N–H and O–H groups in total. The summed E-state index contributed by atoms with van der Waals surface area (Å²) in [6.45, 7) is 7.47. The molecule has 1 aromatic heterocycles. The lowest BCUT2D eigenvalue weighted by Crippen LogP contribution is -2.48. The number of hydrogen-bond acceptors (Lipinski definition) is 4. The molecule has 150 valence electrons. The summed E-state index contributed by atoms with van der Waals surface area (Å²) in [5, 5.41) is 8.86. The molecule has 1 fully saturated rings. The summed E-state index contributed by atoms with van der Waals surface area (Å²) < 4.78 is 2.33. The van der Waals surface area contributed by atoms with Crippen LogP contribution in [0.15, 0.2) is 30.3 Å². The van der Waals surface area contributed by atoms with Crippen molar-refractivity contribution in [1.82, 2.24) is 24.6 Å². The van der Waals surface area contributed by atoms with Crippen molar-refractivity contribution in [3.05, 3.63) is 47.5 Å². The van der Waals surface area contributed by atoms with Crippen molar-refractivity contribution in [2.45, 2.75) is 58.0 Å². The van der Waals surface area contributed by atoms with E-state index in [2.05, 4.69) is 38.7 Å². The van der Waals surface area contributed by atoms with Crippen LogP contribution < -0.4 is 0 Å². The van der Waals surface area contributed by atoms with Crippen LogP contribution in [0.5, 0.6) is 0 Å². The molecule has 1 atom stereocenters. The third-order valence-corrected chi connectivity index (χ3v) is 6.13. The van der Waals surface area contributed by atoms with Crippen molar-refractivity contribution in [3.63, 3.8) is 0 Å². The molecule has 1 saturated heterocycles. The van der Waals surface area contributed by atoms with E-state index in [1.54, 1.807) is 0 Å². The van der Waals surface area contributed by atoms with Crippen LogP contribution in [-0.2, 0) is 24.3 Å². The molecule has 0 radical (unpaired) electrons. The van der Waals surface area contributed by atoms with Crippen LogP contribution in [-0.4, -0.2) is 56.7 Å². The molecule has 3 heterocycles. The van der Waals surface area contributed by atoms with Gasteiger partial charge in [0, 0.05) is 45.6 Å². The maximum absolute atomic E-state index is 12.7. The minimum absolute atomic E-state index is 0.262. The number of benzene rings is 1. The van der Waals surface area contributed by atoms with Gasteiger partial charge in [0.25, 0.3) is 0 Å². The van der Waals surface area contributed by atoms with Gasteiger partial charge in [0.2, 0.25) is 5.91 Å². The molecular weight excluding hydrogens is 350 g/mol. The first-order valence-corrected chi connectivity index (χ1v) is 10.7. The molecule has 4 rings (SSSR count). The second-order valence-corrected chi connectivity index (χ2v) is 8.17. The minimum atomic E-state index is 0.262. The fourth-order valence-corrected chi connectivity index (χ4v) is 4.31. The van der Waals surface area contributed by atoms with E-state index in [0.29, 0.717) is 6.42 Å². The van der Waals surface area contributed by atoms with E-state index in [-0.39, 0.29) is 11.8 Å². The zero-order valence-electron chi connectivity index (χ0n) is 16.9. The highest BCUT2D eigenvalue weighted by Gasteiger charge is 2.24. The van der Waals surface area contributed by atoms with E-state index in [9.17, 15) is 4.79 Å². The summed E-state index contributed by atoms with van der Waals surface area (Å²) in [6.07, 6.45) is 5.36. The van der Waals surface area contributed by atoms with Gasteiger partial charge >= 0.3 is 0 Å². The number of aryl methyl sites for hydroxylation is 1. The lowest BCUT2D eigenvalue weighted by molar-refractivity contribution is -0.133. The zero-order valence-corrected chi connectivity index (χ0v) is 16.9. The Morgan fingerprint density at radius 2 is 1.79 bits per heavy atom. The van der Waals surface area contributed by atoms with Gasteiger partial charge in [-0.2, -0.15) is 0 Å². The number of carbonyl (C=O) groups excluding carboxylic acids is 1. The second kappa shape index (κ2) is 8.86. The van der Waals surface area contributed by atoms with Crippen LogP contribution in [0.2, 0.25) is 0 Å². The van der Waals surface area contributed by atoms with E-state index in [0.717, 1.165) is 57.3 Å². The summed E-state index contributed by atoms with van der Waals surface area (Å²) in [6, 6.07) is 10.3. The Hall–Kier alpha value is -2.21. The monoisotopic (exact) mass is 381 g/mol. The molecule has 0 saturated carbocycles. The van der Waals surface area contributed by atoms with Gasteiger partial charge in [-0.15, -0.1) is 10.2 Å². The molecule has 2 aromatic rings. The highest BCUT2D eigenvalue weighted by atomic mass is 16.2. The van der Waals surface area contributed by atoms with Crippen molar-refractivity contribution in [2.75, 3.05) is 26.2 Å². The summed E-state index contributed by atoms with van der Waals surface area (Å²) in [4.78, 5) is 17.2. The quantitative estimate of drug-likeness (QED) is 0.799. The molecule has 2 aliphatic heterocycles. The topological polar surface area (TPSA) is 54.3 Å². The van der Waals surface area contributed by atoms with E-state index in [1.807, 2.05) is 23.1 Å². The highest BCUT2D eigenvalue weighted by Crippen LogP contribution is 2.21. The highest BCUT2D eigenvalue weighted by molar-refractivity contribution is 5.77. The first-order valence-electron chi connectivity index (χ1n) is 10.7. The Labute approximate surface area is 167 Å². The maximum atomic E-state index is 12.7. The molecule has 0 spiro atoms. The van der Waals surface area contributed by atoms with E-state index >= 15 is 0 Å². The Balaban J connectivity index is 1.28. The predicted molar refractivity (Wildman–Crippen MR) is 109 cm³/mol. The molecule has 28 heavy (non-hydrogen) atoms. The van der Waals surface area contributed by atoms with Crippen LogP contribution >= 0.6 is 0 Å². The zero-order chi connectivity index (χ0) is 19.3. The Bertz CT molecular complexity index is 779. The Morgan fingerprint density at radius 3 is 2.57 bits per heavy atom. The number of amides is 1. The fourth-order valence-electron chi connectivity index (χ4n) is 4.31. The molecule has 1 unspecified atom stereocenters. The SMILES string of the molecule is CC(CC(=O)N1CCN(Cc2nnc3n2CCCCC3)CC1)c1ccccc1. The summed E-state index contributed by atoms with van der Waals surface area (Å²) in [7, 11) is 0. The number of hydrogen-bond donors (Lipinski definition) is 0. The lowest BCUT2D eigenvalue weighted by atomic mass is 9.97. The van der Waals surface area contributed by atoms with Crippen LogP contribution in [0.1, 0.15) is 55.7 Å². The van der Waals surface area contributed by atoms with Gasteiger partial charge in [-0.1, -0.05) is 43.7 Å². The van der Waals surface area contributed by atoms with Crippen LogP contribution in [0.3, 0.4) is 0 Å². The van der Waals surface area contributed by atoms with Gasteiger partial charge in [0.1, 0.15) is 11.6 Å². The van der Waals surface area contributed by atoms with Crippen molar-refractivity contribution < 1.29 is 4.79 Å². The van der Waals surface area contributed by atoms with Gasteiger partial charge in [-0.05, 0) is 24.3 Å². The molecule has 0 aliphatic carbocycles. The van der Waals surface area contributed by atoms with E-state index in [1.165, 1.54) is 24.8 Å². The molecule has 1 aromatic carbocycles. The number of fused-ring (bicyclic) bond motifs is 1. The minimum Gasteiger partial charge on any atom is -0.340 e. The van der Waals surface area contributed by atoms with Crippen LogP contribution in [0.25, 0.3) is 0 Å². The number of nitrogens with zero attached hydrogens (tertiary/aromatic N) is 5. The molecule has 6 heteroatoms. The predicted octanol–water partition coefficient (Wildman–Crippen LogP) is 2.84. The third-order valence-electron chi connectivity index (χ3n) is 6.13. The molecular formula is C22H31N5O. The van der Waals surface area contributed by atoms with Crippen molar-refractivity contribution in [3.8, 4) is 0 Å². The second-order valence-electron chi connectivity index (χ2n) is 8.17. The lowest BCUT2D eigenvalue weighted by Gasteiger charge is -2.35. The van der Waals surface area contributed by atoms with Crippen LogP contribution in [0, 0.1) is 0 Å². The normalized spacial score (nSPS) is 19.1. The van der Waals surface area contributed by atoms with Crippen molar-refractivity contribution in [2.24, 2.45) is 0 Å². The Kier molecular flexibility index (Phi) is 6.05. The number of carbonyl (C=O) groups is 1. The van der Waals surface area contributed by atoms with Gasteiger partial charge < -0.3 is 9.47 Å². The van der Waals surface area contributed by atoms with Gasteiger partial charge in [0.15, 0.2) is 0 Å². The average molecular weight is 382 g/mol. The average Bonchev–Trinajstić information content (AvgIpc) is 2.95. The molecule has 0 bridgehead atoms. The smallest absolute Gasteiger partial charge is 0.223 e. The number of aromatic nitrogens is 3.